The number of anilines is 1. The number of nitrogens with two attached hydrogens (primary N) is 1. The Labute approximate surface area is 124 Å². The summed E-state index contributed by atoms with van der Waals surface area (Å²) >= 11 is 0. The molecule has 2 N–H and O–H groups in total. The molecule has 0 amide bonds. The molecule has 106 valence electrons. The van der Waals surface area contributed by atoms with E-state index in [0.29, 0.717) is 5.82 Å². The largest absolute Gasteiger partial charge is 0.384 e. The van der Waals surface area contributed by atoms with Gasteiger partial charge in [-0.05, 0) is 18.2 Å². The zero-order chi connectivity index (χ0) is 15.0. The molecule has 0 spiro atoms. The third-order valence-electron chi connectivity index (χ3n) is 3.32. The van der Waals surface area contributed by atoms with E-state index in [4.69, 9.17) is 5.73 Å². The molecule has 0 aliphatic heterocycles. The number of hydrogen-bond donors (Lipinski definition) is 1. The summed E-state index contributed by atoms with van der Waals surface area (Å²) in [6, 6.07) is 11.9. The van der Waals surface area contributed by atoms with E-state index in [9.17, 15) is 0 Å². The van der Waals surface area contributed by atoms with Crippen LogP contribution < -0.4 is 5.73 Å². The van der Waals surface area contributed by atoms with Gasteiger partial charge in [0, 0.05) is 28.6 Å². The number of pyridine rings is 1. The Kier molecular flexibility index (Phi) is 3.09. The summed E-state index contributed by atoms with van der Waals surface area (Å²) < 4.78 is 0. The molecule has 0 aliphatic carbocycles. The van der Waals surface area contributed by atoms with Gasteiger partial charge in [-0.3, -0.25) is 4.98 Å². The van der Waals surface area contributed by atoms with E-state index in [0.717, 1.165) is 28.0 Å². The summed E-state index contributed by atoms with van der Waals surface area (Å²) in [4.78, 5) is 13.4. The van der Waals surface area contributed by atoms with Crippen molar-refractivity contribution in [3.05, 3.63) is 48.4 Å². The van der Waals surface area contributed by atoms with E-state index in [1.54, 1.807) is 6.20 Å². The van der Waals surface area contributed by atoms with Gasteiger partial charge < -0.3 is 5.73 Å². The molecular formula is C17H18N4. The van der Waals surface area contributed by atoms with Crippen molar-refractivity contribution in [1.82, 2.24) is 15.0 Å². The second-order valence-corrected chi connectivity index (χ2v) is 6.16. The van der Waals surface area contributed by atoms with Crippen LogP contribution in [0.15, 0.2) is 42.6 Å². The van der Waals surface area contributed by atoms with Crippen LogP contribution >= 0.6 is 0 Å². The van der Waals surface area contributed by atoms with E-state index in [1.807, 2.05) is 30.3 Å². The van der Waals surface area contributed by atoms with E-state index < -0.39 is 0 Å². The van der Waals surface area contributed by atoms with Crippen molar-refractivity contribution in [2.24, 2.45) is 0 Å². The van der Waals surface area contributed by atoms with Crippen molar-refractivity contribution in [2.75, 3.05) is 5.73 Å². The smallest absolute Gasteiger partial charge is 0.136 e. The molecule has 4 nitrogen and oxygen atoms in total. The van der Waals surface area contributed by atoms with Crippen molar-refractivity contribution in [3.8, 4) is 11.3 Å². The first-order valence-corrected chi connectivity index (χ1v) is 6.94. The number of aromatic nitrogens is 3. The van der Waals surface area contributed by atoms with Gasteiger partial charge in [0.25, 0.3) is 0 Å². The number of rotatable bonds is 1. The highest BCUT2D eigenvalue weighted by molar-refractivity contribution is 5.83. The average Bonchev–Trinajstić information content (AvgIpc) is 2.45. The fraction of sp³-hybridized carbons (Fsp3) is 0.235. The lowest BCUT2D eigenvalue weighted by Crippen LogP contribution is -2.17. The molecule has 0 atom stereocenters. The number of benzene rings is 1. The van der Waals surface area contributed by atoms with Gasteiger partial charge in [-0.15, -0.1) is 0 Å². The first-order valence-electron chi connectivity index (χ1n) is 6.94. The monoisotopic (exact) mass is 278 g/mol. The molecule has 0 saturated heterocycles. The molecule has 0 saturated carbocycles. The van der Waals surface area contributed by atoms with Gasteiger partial charge in [-0.1, -0.05) is 32.9 Å². The Morgan fingerprint density at radius 3 is 2.57 bits per heavy atom. The minimum atomic E-state index is -0.136. The normalized spacial score (nSPS) is 11.8. The molecule has 0 aliphatic rings. The molecule has 0 bridgehead atoms. The third kappa shape index (κ3) is 2.70. The minimum absolute atomic E-state index is 0.136. The second kappa shape index (κ2) is 4.81. The lowest BCUT2D eigenvalue weighted by Gasteiger charge is -2.17. The Morgan fingerprint density at radius 1 is 1.00 bits per heavy atom. The van der Waals surface area contributed by atoms with Crippen LogP contribution in [0.1, 0.15) is 26.6 Å². The van der Waals surface area contributed by atoms with Gasteiger partial charge in [-0.2, -0.15) is 0 Å². The highest BCUT2D eigenvalue weighted by atomic mass is 15.0. The van der Waals surface area contributed by atoms with Crippen molar-refractivity contribution >= 4 is 16.7 Å². The van der Waals surface area contributed by atoms with Crippen LogP contribution in [0.25, 0.3) is 22.2 Å². The maximum atomic E-state index is 5.94. The third-order valence-corrected chi connectivity index (χ3v) is 3.32. The van der Waals surface area contributed by atoms with Crippen molar-refractivity contribution in [2.45, 2.75) is 26.2 Å². The highest BCUT2D eigenvalue weighted by Crippen LogP contribution is 2.26. The summed E-state index contributed by atoms with van der Waals surface area (Å²) in [5, 5.41) is 1.09. The standard InChI is InChI=1S/C17H18N4/c1-17(2,3)16-20-14(10-15(18)21-16)12-6-7-13-11(9-12)5-4-8-19-13/h4-10H,1-3H3,(H2,18,20,21). The SMILES string of the molecule is CC(C)(C)c1nc(N)cc(-c2ccc3ncccc3c2)n1. The predicted molar refractivity (Wildman–Crippen MR) is 85.9 cm³/mol. The molecule has 21 heavy (non-hydrogen) atoms. The van der Waals surface area contributed by atoms with Gasteiger partial charge in [-0.25, -0.2) is 9.97 Å². The summed E-state index contributed by atoms with van der Waals surface area (Å²) in [6.45, 7) is 6.24. The number of nitrogens with zero attached hydrogens (tertiary/aromatic N) is 3. The zero-order valence-electron chi connectivity index (χ0n) is 12.5. The van der Waals surface area contributed by atoms with Crippen LogP contribution in [-0.4, -0.2) is 15.0 Å². The first kappa shape index (κ1) is 13.5. The topological polar surface area (TPSA) is 64.7 Å². The van der Waals surface area contributed by atoms with Crippen molar-refractivity contribution in [1.29, 1.82) is 0 Å². The average molecular weight is 278 g/mol. The van der Waals surface area contributed by atoms with Gasteiger partial charge >= 0.3 is 0 Å². The number of fused-ring (bicyclic) bond motifs is 1. The molecule has 2 heterocycles. The maximum absolute atomic E-state index is 5.94. The Balaban J connectivity index is 2.16. The molecule has 0 fully saturated rings. The van der Waals surface area contributed by atoms with Gasteiger partial charge in [0.05, 0.1) is 11.2 Å². The summed E-state index contributed by atoms with van der Waals surface area (Å²) in [6.07, 6.45) is 1.79. The predicted octanol–water partition coefficient (Wildman–Crippen LogP) is 3.57. The van der Waals surface area contributed by atoms with Crippen LogP contribution in [-0.2, 0) is 5.41 Å². The molecular weight excluding hydrogens is 260 g/mol. The molecule has 1 aromatic carbocycles. The fourth-order valence-electron chi connectivity index (χ4n) is 2.18. The van der Waals surface area contributed by atoms with Crippen molar-refractivity contribution < 1.29 is 0 Å². The number of nitrogen functional groups attached to an aromatic ring is 1. The molecule has 4 heteroatoms. The van der Waals surface area contributed by atoms with Gasteiger partial charge in [0.1, 0.15) is 11.6 Å². The molecule has 0 radical (unpaired) electrons. The molecule has 0 unspecified atom stereocenters. The van der Waals surface area contributed by atoms with Crippen molar-refractivity contribution in [3.63, 3.8) is 0 Å². The lowest BCUT2D eigenvalue weighted by atomic mass is 9.95. The molecule has 3 rings (SSSR count). The van der Waals surface area contributed by atoms with Gasteiger partial charge in [0.15, 0.2) is 0 Å². The Hall–Kier alpha value is -2.49. The summed E-state index contributed by atoms with van der Waals surface area (Å²) in [5.41, 5.74) is 8.65. The Bertz CT molecular complexity index is 803. The van der Waals surface area contributed by atoms with Crippen LogP contribution in [0, 0.1) is 0 Å². The summed E-state index contributed by atoms with van der Waals surface area (Å²) in [7, 11) is 0. The van der Waals surface area contributed by atoms with Gasteiger partial charge in [0.2, 0.25) is 0 Å². The van der Waals surface area contributed by atoms with E-state index in [2.05, 4.69) is 41.8 Å². The lowest BCUT2D eigenvalue weighted by molar-refractivity contribution is 0.547. The quantitative estimate of drug-likeness (QED) is 0.739. The maximum Gasteiger partial charge on any atom is 0.136 e. The number of hydrogen-bond acceptors (Lipinski definition) is 4. The first-order chi connectivity index (χ1) is 9.93. The van der Waals surface area contributed by atoms with E-state index in [-0.39, 0.29) is 5.41 Å². The molecule has 2 aromatic heterocycles. The second-order valence-electron chi connectivity index (χ2n) is 6.16. The van der Waals surface area contributed by atoms with E-state index in [1.165, 1.54) is 0 Å². The Morgan fingerprint density at radius 2 is 1.81 bits per heavy atom. The van der Waals surface area contributed by atoms with Crippen LogP contribution in [0.3, 0.4) is 0 Å². The highest BCUT2D eigenvalue weighted by Gasteiger charge is 2.19. The zero-order valence-corrected chi connectivity index (χ0v) is 12.5. The van der Waals surface area contributed by atoms with Crippen LogP contribution in [0.2, 0.25) is 0 Å². The van der Waals surface area contributed by atoms with E-state index >= 15 is 0 Å². The molecule has 3 aromatic rings. The van der Waals surface area contributed by atoms with Crippen LogP contribution in [0.5, 0.6) is 0 Å². The van der Waals surface area contributed by atoms with Crippen LogP contribution in [0.4, 0.5) is 5.82 Å². The summed E-state index contributed by atoms with van der Waals surface area (Å²) in [5.74, 6) is 1.25. The minimum Gasteiger partial charge on any atom is -0.384 e. The fourth-order valence-corrected chi connectivity index (χ4v) is 2.18.